The summed E-state index contributed by atoms with van der Waals surface area (Å²) in [5.74, 6) is -1.94. The molecule has 1 amide bonds. The van der Waals surface area contributed by atoms with Crippen molar-refractivity contribution in [3.05, 3.63) is 124 Å². The van der Waals surface area contributed by atoms with Crippen LogP contribution in [0.5, 0.6) is 0 Å². The molecule has 0 radical (unpaired) electrons. The van der Waals surface area contributed by atoms with Gasteiger partial charge in [-0.25, -0.2) is 4.68 Å². The monoisotopic (exact) mass is 463 g/mol. The average molecular weight is 464 g/mol. The standard InChI is InChI=1S/C29H25N3O3/c1-19-26(29(35)32(31-19)23-15-9-4-10-16-23)21-17-24(20-11-5-2-6-12-20)27(25(33)18-21)28(34)30-22-13-7-3-8-14-22/h2-16,18,24,27,31H,17H2,1H3,(H,30,34). The van der Waals surface area contributed by atoms with Crippen molar-refractivity contribution in [1.82, 2.24) is 9.78 Å². The number of aromatic amines is 1. The number of hydrogen-bond acceptors (Lipinski definition) is 3. The number of hydrogen-bond donors (Lipinski definition) is 2. The normalized spacial score (nSPS) is 17.6. The van der Waals surface area contributed by atoms with Gasteiger partial charge >= 0.3 is 0 Å². The van der Waals surface area contributed by atoms with E-state index in [1.165, 1.54) is 10.8 Å². The zero-order valence-electron chi connectivity index (χ0n) is 19.3. The lowest BCUT2D eigenvalue weighted by Gasteiger charge is -2.30. The number of benzene rings is 3. The fourth-order valence-corrected chi connectivity index (χ4v) is 4.80. The molecule has 2 atom stereocenters. The summed E-state index contributed by atoms with van der Waals surface area (Å²) in [4.78, 5) is 40.1. The van der Waals surface area contributed by atoms with Crippen molar-refractivity contribution < 1.29 is 9.59 Å². The smallest absolute Gasteiger partial charge is 0.279 e. The Hall–Kier alpha value is -4.45. The molecule has 1 aliphatic carbocycles. The molecule has 5 rings (SSSR count). The Morgan fingerprint density at radius 3 is 2.14 bits per heavy atom. The summed E-state index contributed by atoms with van der Waals surface area (Å²) in [6, 6.07) is 28.0. The first-order valence-corrected chi connectivity index (χ1v) is 11.6. The molecule has 2 N–H and O–H groups in total. The molecule has 0 fully saturated rings. The third-order valence-electron chi connectivity index (χ3n) is 6.42. The summed E-state index contributed by atoms with van der Waals surface area (Å²) in [6.45, 7) is 1.83. The van der Waals surface area contributed by atoms with Crippen LogP contribution < -0.4 is 10.9 Å². The van der Waals surface area contributed by atoms with Crippen molar-refractivity contribution in [2.45, 2.75) is 19.3 Å². The Morgan fingerprint density at radius 1 is 0.886 bits per heavy atom. The molecule has 0 bridgehead atoms. The molecule has 174 valence electrons. The van der Waals surface area contributed by atoms with Crippen molar-refractivity contribution in [2.75, 3.05) is 5.32 Å². The molecule has 1 aliphatic rings. The summed E-state index contributed by atoms with van der Waals surface area (Å²) in [5.41, 5.74) is 3.82. The zero-order valence-corrected chi connectivity index (χ0v) is 19.3. The van der Waals surface area contributed by atoms with Crippen molar-refractivity contribution in [3.8, 4) is 5.69 Å². The Bertz CT molecular complexity index is 1450. The van der Waals surface area contributed by atoms with Gasteiger partial charge in [0.1, 0.15) is 5.92 Å². The number of rotatable bonds is 5. The van der Waals surface area contributed by atoms with E-state index >= 15 is 0 Å². The summed E-state index contributed by atoms with van der Waals surface area (Å²) in [6.07, 6.45) is 1.87. The fourth-order valence-electron chi connectivity index (χ4n) is 4.80. The number of ketones is 1. The van der Waals surface area contributed by atoms with Crippen LogP contribution in [0.15, 0.2) is 102 Å². The van der Waals surface area contributed by atoms with Gasteiger partial charge < -0.3 is 5.32 Å². The molecule has 6 heteroatoms. The molecule has 1 aromatic heterocycles. The van der Waals surface area contributed by atoms with Gasteiger partial charge in [0.15, 0.2) is 5.78 Å². The molecule has 1 heterocycles. The summed E-state index contributed by atoms with van der Waals surface area (Å²) >= 11 is 0. The van der Waals surface area contributed by atoms with Crippen LogP contribution in [-0.4, -0.2) is 21.5 Å². The zero-order chi connectivity index (χ0) is 24.4. The first kappa shape index (κ1) is 22.3. The minimum absolute atomic E-state index is 0.216. The molecular formula is C29H25N3O3. The van der Waals surface area contributed by atoms with Crippen LogP contribution in [0.25, 0.3) is 11.3 Å². The van der Waals surface area contributed by atoms with Crippen molar-refractivity contribution in [1.29, 1.82) is 0 Å². The molecule has 6 nitrogen and oxygen atoms in total. The lowest BCUT2D eigenvalue weighted by molar-refractivity contribution is -0.129. The second kappa shape index (κ2) is 9.43. The topological polar surface area (TPSA) is 84.0 Å². The number of allylic oxidation sites excluding steroid dienone is 2. The van der Waals surface area contributed by atoms with Crippen LogP contribution in [-0.2, 0) is 9.59 Å². The van der Waals surface area contributed by atoms with Crippen molar-refractivity contribution >= 4 is 23.0 Å². The SMILES string of the molecule is Cc1[nH]n(-c2ccccc2)c(=O)c1C1=CC(=O)C(C(=O)Nc2ccccc2)C(c2ccccc2)C1. The molecular weight excluding hydrogens is 438 g/mol. The Morgan fingerprint density at radius 2 is 1.49 bits per heavy atom. The lowest BCUT2D eigenvalue weighted by atomic mass is 9.73. The summed E-state index contributed by atoms with van der Waals surface area (Å²) in [7, 11) is 0. The number of carbonyl (C=O) groups is 2. The van der Waals surface area contributed by atoms with Crippen LogP contribution in [0.4, 0.5) is 5.69 Å². The summed E-state index contributed by atoms with van der Waals surface area (Å²) < 4.78 is 1.49. The maximum Gasteiger partial charge on any atom is 0.279 e. The number of para-hydroxylation sites is 2. The van der Waals surface area contributed by atoms with Crippen LogP contribution in [0, 0.1) is 12.8 Å². The molecule has 3 aromatic carbocycles. The number of anilines is 1. The van der Waals surface area contributed by atoms with Crippen LogP contribution >= 0.6 is 0 Å². The van der Waals surface area contributed by atoms with E-state index < -0.39 is 11.8 Å². The largest absolute Gasteiger partial charge is 0.325 e. The van der Waals surface area contributed by atoms with E-state index in [4.69, 9.17) is 0 Å². The molecule has 0 spiro atoms. The number of H-pyrrole nitrogens is 1. The van der Waals surface area contributed by atoms with E-state index in [2.05, 4.69) is 10.4 Å². The second-order valence-corrected chi connectivity index (χ2v) is 8.71. The van der Waals surface area contributed by atoms with E-state index in [9.17, 15) is 14.4 Å². The number of nitrogens with one attached hydrogen (secondary N) is 2. The molecule has 0 aliphatic heterocycles. The van der Waals surface area contributed by atoms with Crippen LogP contribution in [0.2, 0.25) is 0 Å². The molecule has 35 heavy (non-hydrogen) atoms. The van der Waals surface area contributed by atoms with Gasteiger partial charge in [0.2, 0.25) is 5.91 Å². The van der Waals surface area contributed by atoms with E-state index in [-0.39, 0.29) is 17.2 Å². The Labute approximate surface area is 202 Å². The van der Waals surface area contributed by atoms with Gasteiger partial charge in [-0.1, -0.05) is 66.7 Å². The van der Waals surface area contributed by atoms with Gasteiger partial charge in [-0.2, -0.15) is 0 Å². The highest BCUT2D eigenvalue weighted by Gasteiger charge is 2.39. The quantitative estimate of drug-likeness (QED) is 0.414. The number of aromatic nitrogens is 2. The molecule has 0 saturated heterocycles. The van der Waals surface area contributed by atoms with Gasteiger partial charge in [-0.15, -0.1) is 0 Å². The van der Waals surface area contributed by atoms with E-state index in [1.54, 1.807) is 12.1 Å². The number of carbonyl (C=O) groups excluding carboxylic acids is 2. The maximum absolute atomic E-state index is 13.4. The number of nitrogens with zero attached hydrogens (tertiary/aromatic N) is 1. The fraction of sp³-hybridized carbons (Fsp3) is 0.138. The molecule has 2 unspecified atom stereocenters. The Balaban J connectivity index is 1.55. The average Bonchev–Trinajstić information content (AvgIpc) is 3.18. The van der Waals surface area contributed by atoms with Gasteiger partial charge in [0, 0.05) is 17.3 Å². The highest BCUT2D eigenvalue weighted by Crippen LogP contribution is 2.40. The van der Waals surface area contributed by atoms with E-state index in [0.717, 1.165) is 5.56 Å². The minimum atomic E-state index is -0.892. The highest BCUT2D eigenvalue weighted by atomic mass is 16.2. The second-order valence-electron chi connectivity index (χ2n) is 8.71. The van der Waals surface area contributed by atoms with Crippen molar-refractivity contribution in [3.63, 3.8) is 0 Å². The lowest BCUT2D eigenvalue weighted by Crippen LogP contribution is -2.36. The third-order valence-corrected chi connectivity index (χ3v) is 6.42. The van der Waals surface area contributed by atoms with Crippen molar-refractivity contribution in [2.24, 2.45) is 5.92 Å². The van der Waals surface area contributed by atoms with E-state index in [1.807, 2.05) is 85.8 Å². The van der Waals surface area contributed by atoms with Gasteiger partial charge in [-0.3, -0.25) is 19.5 Å². The van der Waals surface area contributed by atoms with Gasteiger partial charge in [-0.05, 0) is 54.8 Å². The first-order valence-electron chi connectivity index (χ1n) is 11.6. The maximum atomic E-state index is 13.4. The predicted molar refractivity (Wildman–Crippen MR) is 136 cm³/mol. The van der Waals surface area contributed by atoms with Crippen LogP contribution in [0.3, 0.4) is 0 Å². The summed E-state index contributed by atoms with van der Waals surface area (Å²) in [5, 5.41) is 6.02. The predicted octanol–water partition coefficient (Wildman–Crippen LogP) is 4.87. The number of aryl methyl sites for hydroxylation is 1. The minimum Gasteiger partial charge on any atom is -0.325 e. The molecule has 0 saturated carbocycles. The third kappa shape index (κ3) is 4.38. The Kier molecular flexibility index (Phi) is 6.02. The van der Waals surface area contributed by atoms with E-state index in [0.29, 0.717) is 34.6 Å². The number of amides is 1. The van der Waals surface area contributed by atoms with Gasteiger partial charge in [0.25, 0.3) is 5.56 Å². The van der Waals surface area contributed by atoms with Gasteiger partial charge in [0.05, 0.1) is 11.3 Å². The highest BCUT2D eigenvalue weighted by molar-refractivity contribution is 6.15. The molecule has 4 aromatic rings. The van der Waals surface area contributed by atoms with Crippen LogP contribution in [0.1, 0.15) is 29.2 Å². The first-order chi connectivity index (χ1) is 17.0.